The Balaban J connectivity index is 0.00000560. The zero-order valence-corrected chi connectivity index (χ0v) is 24.1. The molecule has 2 atom stereocenters. The summed E-state index contributed by atoms with van der Waals surface area (Å²) in [7, 11) is 0. The number of carbonyl (C=O) groups excluding carboxylic acids is 3. The number of ether oxygens (including phenoxy) is 1. The van der Waals surface area contributed by atoms with Crippen molar-refractivity contribution in [1.82, 2.24) is 10.2 Å². The number of thioether (sulfide) groups is 1. The topological polar surface area (TPSA) is 114 Å². The Morgan fingerprint density at radius 1 is 1.12 bits per heavy atom. The van der Waals surface area contributed by atoms with Crippen molar-refractivity contribution >= 4 is 47.6 Å². The highest BCUT2D eigenvalue weighted by atomic mass is 35.5. The number of nitrogens with one attached hydrogen (secondary N) is 2. The minimum atomic E-state index is -1.30. The normalized spacial score (nSPS) is 15.7. The molecule has 1 aliphatic heterocycles. The average Bonchev–Trinajstić information content (AvgIpc) is 3.37. The number of hydrogen-bond donors (Lipinski definition) is 3. The van der Waals surface area contributed by atoms with E-state index in [1.165, 1.54) is 16.7 Å². The van der Waals surface area contributed by atoms with Crippen molar-refractivity contribution in [2.75, 3.05) is 24.2 Å². The summed E-state index contributed by atoms with van der Waals surface area (Å²) < 4.78 is 45.6. The molecule has 1 fully saturated rings. The standard InChI is InChI=1S/C27H33F3N4O4S.ClH/c1-4-38-26(37)27(2,3)33-19-7-5-16(6-8-19)15-32-24(36)25-34(9-10-39-25)23(35)13-18(31)11-17-12-21(29)22(30)14-20(17)28;/h5-8,12,14,18,25,33H,4,9-11,13,15,31H2,1-3H3,(H,32,36);1H/t18-,25+;/m1./s1. The molecule has 1 heterocycles. The number of halogens is 4. The van der Waals surface area contributed by atoms with E-state index in [1.807, 2.05) is 12.1 Å². The molecule has 0 saturated carbocycles. The van der Waals surface area contributed by atoms with Gasteiger partial charge in [-0.3, -0.25) is 9.59 Å². The molecule has 0 bridgehead atoms. The van der Waals surface area contributed by atoms with E-state index >= 15 is 0 Å². The van der Waals surface area contributed by atoms with Gasteiger partial charge in [-0.15, -0.1) is 24.2 Å². The van der Waals surface area contributed by atoms with E-state index in [0.717, 1.165) is 11.6 Å². The largest absolute Gasteiger partial charge is 0.464 e. The van der Waals surface area contributed by atoms with Crippen LogP contribution in [0.4, 0.5) is 18.9 Å². The summed E-state index contributed by atoms with van der Waals surface area (Å²) in [6, 6.07) is 7.55. The first-order chi connectivity index (χ1) is 18.4. The number of hydrogen-bond acceptors (Lipinski definition) is 7. The molecule has 4 N–H and O–H groups in total. The molecule has 2 aromatic carbocycles. The lowest BCUT2D eigenvalue weighted by molar-refractivity contribution is -0.147. The first-order valence-electron chi connectivity index (χ1n) is 12.5. The molecule has 13 heteroatoms. The summed E-state index contributed by atoms with van der Waals surface area (Å²) >= 11 is 1.32. The van der Waals surface area contributed by atoms with E-state index in [1.54, 1.807) is 32.9 Å². The van der Waals surface area contributed by atoms with Crippen LogP contribution < -0.4 is 16.4 Å². The fourth-order valence-electron chi connectivity index (χ4n) is 4.06. The molecule has 0 unspecified atom stereocenters. The Bertz CT molecular complexity index is 1200. The second-order valence-electron chi connectivity index (χ2n) is 9.72. The van der Waals surface area contributed by atoms with E-state index in [2.05, 4.69) is 10.6 Å². The fraction of sp³-hybridized carbons (Fsp3) is 0.444. The second kappa shape index (κ2) is 14.6. The van der Waals surface area contributed by atoms with Crippen LogP contribution in [0.25, 0.3) is 0 Å². The highest BCUT2D eigenvalue weighted by molar-refractivity contribution is 8.00. The Hall–Kier alpha value is -2.96. The van der Waals surface area contributed by atoms with E-state index in [-0.39, 0.29) is 61.7 Å². The minimum absolute atomic E-state index is 0. The van der Waals surface area contributed by atoms with Crippen molar-refractivity contribution in [3.05, 3.63) is 65.0 Å². The fourth-order valence-corrected chi connectivity index (χ4v) is 5.23. The molecule has 1 aliphatic rings. The Kier molecular flexibility index (Phi) is 12.1. The summed E-state index contributed by atoms with van der Waals surface area (Å²) in [6.45, 7) is 6.05. The van der Waals surface area contributed by atoms with Gasteiger partial charge in [-0.1, -0.05) is 12.1 Å². The van der Waals surface area contributed by atoms with Gasteiger partial charge in [-0.25, -0.2) is 18.0 Å². The van der Waals surface area contributed by atoms with Crippen LogP contribution >= 0.6 is 24.2 Å². The van der Waals surface area contributed by atoms with Crippen LogP contribution in [0.1, 0.15) is 38.3 Å². The number of amides is 2. The minimum Gasteiger partial charge on any atom is -0.464 e. The summed E-state index contributed by atoms with van der Waals surface area (Å²) in [5.74, 6) is -3.94. The van der Waals surface area contributed by atoms with Crippen molar-refractivity contribution in [3.8, 4) is 0 Å². The average molecular weight is 603 g/mol. The molecule has 0 radical (unpaired) electrons. The van der Waals surface area contributed by atoms with Crippen LogP contribution in [0.2, 0.25) is 0 Å². The smallest absolute Gasteiger partial charge is 0.331 e. The van der Waals surface area contributed by atoms with Crippen LogP contribution in [0.3, 0.4) is 0 Å². The third kappa shape index (κ3) is 8.77. The van der Waals surface area contributed by atoms with E-state index in [9.17, 15) is 27.6 Å². The quantitative estimate of drug-likeness (QED) is 0.265. The third-order valence-corrected chi connectivity index (χ3v) is 7.31. The number of benzene rings is 2. The van der Waals surface area contributed by atoms with Gasteiger partial charge >= 0.3 is 5.97 Å². The van der Waals surface area contributed by atoms with Crippen LogP contribution in [0.5, 0.6) is 0 Å². The zero-order chi connectivity index (χ0) is 28.7. The molecule has 40 heavy (non-hydrogen) atoms. The van der Waals surface area contributed by atoms with E-state index in [0.29, 0.717) is 24.1 Å². The predicted molar refractivity (Wildman–Crippen MR) is 150 cm³/mol. The SMILES string of the molecule is CCOC(=O)C(C)(C)Nc1ccc(CNC(=O)[C@@H]2SCCN2C(=O)C[C@H](N)Cc2cc(F)c(F)cc2F)cc1.Cl. The van der Waals surface area contributed by atoms with Gasteiger partial charge in [0.1, 0.15) is 11.4 Å². The maximum atomic E-state index is 13.9. The Morgan fingerprint density at radius 2 is 1.77 bits per heavy atom. The summed E-state index contributed by atoms with van der Waals surface area (Å²) in [4.78, 5) is 39.2. The lowest BCUT2D eigenvalue weighted by atomic mass is 10.0. The number of carbonyl (C=O) groups is 3. The van der Waals surface area contributed by atoms with Crippen LogP contribution in [0, 0.1) is 17.5 Å². The van der Waals surface area contributed by atoms with Crippen LogP contribution in [-0.4, -0.2) is 58.5 Å². The summed E-state index contributed by atoms with van der Waals surface area (Å²) in [6.07, 6.45) is -0.339. The lowest BCUT2D eigenvalue weighted by Crippen LogP contribution is -2.46. The summed E-state index contributed by atoms with van der Waals surface area (Å²) in [5, 5.41) is 5.22. The number of anilines is 1. The van der Waals surface area contributed by atoms with Gasteiger partial charge in [-0.2, -0.15) is 0 Å². The molecule has 2 amide bonds. The maximum absolute atomic E-state index is 13.9. The van der Waals surface area contributed by atoms with Gasteiger partial charge in [0.2, 0.25) is 5.91 Å². The van der Waals surface area contributed by atoms with Crippen molar-refractivity contribution in [2.45, 2.75) is 57.1 Å². The molecular formula is C27H34ClF3N4O4S. The molecular weight excluding hydrogens is 569 g/mol. The highest BCUT2D eigenvalue weighted by Crippen LogP contribution is 2.26. The third-order valence-electron chi connectivity index (χ3n) is 6.11. The van der Waals surface area contributed by atoms with Crippen molar-refractivity contribution in [1.29, 1.82) is 0 Å². The van der Waals surface area contributed by atoms with E-state index in [4.69, 9.17) is 10.5 Å². The lowest BCUT2D eigenvalue weighted by Gasteiger charge is -2.25. The van der Waals surface area contributed by atoms with E-state index < -0.39 is 34.4 Å². The van der Waals surface area contributed by atoms with Gasteiger partial charge < -0.3 is 26.0 Å². The first kappa shape index (κ1) is 33.2. The van der Waals surface area contributed by atoms with Crippen molar-refractivity contribution < 1.29 is 32.3 Å². The van der Waals surface area contributed by atoms with Crippen molar-refractivity contribution in [3.63, 3.8) is 0 Å². The van der Waals surface area contributed by atoms with Gasteiger partial charge in [0.25, 0.3) is 5.91 Å². The number of rotatable bonds is 11. The zero-order valence-electron chi connectivity index (χ0n) is 22.5. The van der Waals surface area contributed by atoms with Crippen LogP contribution in [-0.2, 0) is 32.1 Å². The first-order valence-corrected chi connectivity index (χ1v) is 13.6. The number of esters is 1. The monoisotopic (exact) mass is 602 g/mol. The maximum Gasteiger partial charge on any atom is 0.331 e. The molecule has 220 valence electrons. The van der Waals surface area contributed by atoms with Gasteiger partial charge in [0.05, 0.1) is 6.61 Å². The molecule has 1 saturated heterocycles. The Morgan fingerprint density at radius 3 is 2.42 bits per heavy atom. The summed E-state index contributed by atoms with van der Waals surface area (Å²) in [5.41, 5.74) is 6.50. The Labute approximate surface area is 242 Å². The van der Waals surface area contributed by atoms with Crippen molar-refractivity contribution in [2.24, 2.45) is 5.73 Å². The van der Waals surface area contributed by atoms with Gasteiger partial charge in [0.15, 0.2) is 17.0 Å². The molecule has 2 aromatic rings. The highest BCUT2D eigenvalue weighted by Gasteiger charge is 2.35. The van der Waals surface area contributed by atoms with Crippen LogP contribution in [0.15, 0.2) is 36.4 Å². The molecule has 0 aromatic heterocycles. The number of nitrogens with zero attached hydrogens (tertiary/aromatic N) is 1. The predicted octanol–water partition coefficient (Wildman–Crippen LogP) is 3.76. The van der Waals surface area contributed by atoms with Gasteiger partial charge in [0, 0.05) is 43.1 Å². The molecule has 0 spiro atoms. The molecule has 0 aliphatic carbocycles. The molecule has 3 rings (SSSR count). The van der Waals surface area contributed by atoms with Gasteiger partial charge in [-0.05, 0) is 56.5 Å². The second-order valence-corrected chi connectivity index (χ2v) is 10.9. The molecule has 8 nitrogen and oxygen atoms in total. The number of nitrogens with two attached hydrogens (primary N) is 1.